The van der Waals surface area contributed by atoms with Crippen LogP contribution in [0.15, 0.2) is 30.6 Å². The molecule has 0 atom stereocenters. The lowest BCUT2D eigenvalue weighted by atomic mass is 10.3. The van der Waals surface area contributed by atoms with Crippen molar-refractivity contribution in [3.05, 3.63) is 36.4 Å². The van der Waals surface area contributed by atoms with E-state index in [1.165, 1.54) is 18.2 Å². The van der Waals surface area contributed by atoms with E-state index in [1.807, 2.05) is 4.72 Å². The minimum absolute atomic E-state index is 0.127. The molecule has 2 aromatic heterocycles. The Morgan fingerprint density at radius 3 is 2.48 bits per heavy atom. The van der Waals surface area contributed by atoms with Crippen molar-refractivity contribution in [2.75, 3.05) is 11.0 Å². The summed E-state index contributed by atoms with van der Waals surface area (Å²) in [5.41, 5.74) is -0.376. The van der Waals surface area contributed by atoms with Gasteiger partial charge in [0.1, 0.15) is 12.1 Å². The molecule has 0 aliphatic heterocycles. The van der Waals surface area contributed by atoms with E-state index in [4.69, 9.17) is 0 Å². The maximum absolute atomic E-state index is 13.1. The van der Waals surface area contributed by atoms with Crippen molar-refractivity contribution in [3.8, 4) is 11.4 Å². The van der Waals surface area contributed by atoms with Crippen molar-refractivity contribution in [1.29, 1.82) is 0 Å². The summed E-state index contributed by atoms with van der Waals surface area (Å²) in [5, 5.41) is 9.90. The quantitative estimate of drug-likeness (QED) is 0.726. The number of benzene rings is 1. The van der Waals surface area contributed by atoms with Gasteiger partial charge in [0, 0.05) is 0 Å². The summed E-state index contributed by atoms with van der Waals surface area (Å²) in [6.07, 6.45) is -3.02. The molecule has 0 amide bonds. The average Bonchev–Trinajstić information content (AvgIpc) is 2.89. The number of phenols is 1. The van der Waals surface area contributed by atoms with Crippen LogP contribution >= 0.6 is 0 Å². The Kier molecular flexibility index (Phi) is 3.78. The van der Waals surface area contributed by atoms with E-state index in [-0.39, 0.29) is 22.6 Å². The Bertz CT molecular complexity index is 1060. The first-order valence-corrected chi connectivity index (χ1v) is 8.54. The second-order valence-electron chi connectivity index (χ2n) is 5.04. The molecule has 0 aliphatic carbocycles. The fourth-order valence-electron chi connectivity index (χ4n) is 2.12. The predicted octanol–water partition coefficient (Wildman–Crippen LogP) is 1.91. The number of para-hydroxylation sites is 2. The highest BCUT2D eigenvalue weighted by molar-refractivity contribution is 7.92. The van der Waals surface area contributed by atoms with Crippen molar-refractivity contribution in [2.24, 2.45) is 0 Å². The number of aromatic nitrogens is 4. The normalized spacial score (nSPS) is 12.5. The van der Waals surface area contributed by atoms with Gasteiger partial charge in [-0.1, -0.05) is 12.1 Å². The number of anilines is 1. The number of rotatable bonds is 3. The zero-order chi connectivity index (χ0) is 18.4. The van der Waals surface area contributed by atoms with Crippen molar-refractivity contribution in [2.45, 2.75) is 6.18 Å². The molecule has 0 saturated heterocycles. The lowest BCUT2D eigenvalue weighted by Gasteiger charge is -2.10. The molecule has 132 valence electrons. The van der Waals surface area contributed by atoms with E-state index in [0.29, 0.717) is 0 Å². The summed E-state index contributed by atoms with van der Waals surface area (Å²) < 4.78 is 65.0. The van der Waals surface area contributed by atoms with Crippen molar-refractivity contribution in [3.63, 3.8) is 0 Å². The fourth-order valence-corrected chi connectivity index (χ4v) is 2.61. The van der Waals surface area contributed by atoms with Crippen LogP contribution in [0, 0.1) is 0 Å². The maximum Gasteiger partial charge on any atom is 0.451 e. The predicted molar refractivity (Wildman–Crippen MR) is 81.8 cm³/mol. The highest BCUT2D eigenvalue weighted by Crippen LogP contribution is 2.32. The number of hydrogen-bond acceptors (Lipinski definition) is 6. The van der Waals surface area contributed by atoms with Crippen LogP contribution in [-0.2, 0) is 16.2 Å². The largest absolute Gasteiger partial charge is 0.506 e. The molecule has 2 heterocycles. The van der Waals surface area contributed by atoms with E-state index in [2.05, 4.69) is 15.0 Å². The minimum atomic E-state index is -4.91. The molecule has 3 rings (SSSR count). The Morgan fingerprint density at radius 1 is 1.20 bits per heavy atom. The number of aromatic hydroxyl groups is 1. The zero-order valence-corrected chi connectivity index (χ0v) is 13.3. The number of halogens is 3. The highest BCUT2D eigenvalue weighted by atomic mass is 32.2. The fraction of sp³-hybridized carbons (Fsp3) is 0.154. The number of hydrogen-bond donors (Lipinski definition) is 2. The first-order chi connectivity index (χ1) is 11.6. The van der Waals surface area contributed by atoms with Crippen LogP contribution in [0.4, 0.5) is 19.0 Å². The molecular formula is C13H10F3N5O3S. The summed E-state index contributed by atoms with van der Waals surface area (Å²) in [5.74, 6) is -2.36. The van der Waals surface area contributed by atoms with Gasteiger partial charge in [0.05, 0.1) is 11.9 Å². The Hall–Kier alpha value is -2.89. The third kappa shape index (κ3) is 3.33. The van der Waals surface area contributed by atoms with E-state index in [9.17, 15) is 26.7 Å². The van der Waals surface area contributed by atoms with Gasteiger partial charge in [-0.2, -0.15) is 13.2 Å². The topological polar surface area (TPSA) is 110 Å². The van der Waals surface area contributed by atoms with E-state index < -0.39 is 27.8 Å². The number of imidazole rings is 1. The molecule has 0 radical (unpaired) electrons. The monoisotopic (exact) mass is 373 g/mol. The second-order valence-corrected chi connectivity index (χ2v) is 6.79. The number of alkyl halides is 3. The van der Waals surface area contributed by atoms with Crippen LogP contribution < -0.4 is 4.72 Å². The van der Waals surface area contributed by atoms with Crippen LogP contribution in [-0.4, -0.2) is 39.3 Å². The third-order valence-electron chi connectivity index (χ3n) is 3.07. The van der Waals surface area contributed by atoms with Gasteiger partial charge in [-0.05, 0) is 12.1 Å². The van der Waals surface area contributed by atoms with Crippen molar-refractivity contribution >= 4 is 27.0 Å². The third-order valence-corrected chi connectivity index (χ3v) is 3.64. The number of nitrogens with zero attached hydrogens (tertiary/aromatic N) is 4. The number of nitrogens with one attached hydrogen (secondary N) is 1. The van der Waals surface area contributed by atoms with Gasteiger partial charge < -0.3 is 5.11 Å². The summed E-state index contributed by atoms with van der Waals surface area (Å²) in [6.45, 7) is 0. The summed E-state index contributed by atoms with van der Waals surface area (Å²) in [7, 11) is -3.90. The van der Waals surface area contributed by atoms with Gasteiger partial charge in [-0.25, -0.2) is 23.4 Å². The average molecular weight is 373 g/mol. The molecule has 0 fully saturated rings. The molecule has 25 heavy (non-hydrogen) atoms. The first kappa shape index (κ1) is 17.0. The van der Waals surface area contributed by atoms with Crippen LogP contribution in [0.2, 0.25) is 0 Å². The van der Waals surface area contributed by atoms with E-state index in [0.717, 1.165) is 17.2 Å². The SMILES string of the molecule is CS(=O)(=O)Nc1nc(C(F)(F)F)nc2c1ncn2-c1ccccc1O. The molecule has 0 unspecified atom stereocenters. The lowest BCUT2D eigenvalue weighted by molar-refractivity contribution is -0.144. The number of sulfonamides is 1. The second kappa shape index (κ2) is 5.58. The highest BCUT2D eigenvalue weighted by Gasteiger charge is 2.36. The molecule has 0 aliphatic rings. The summed E-state index contributed by atoms with van der Waals surface area (Å²) in [4.78, 5) is 10.5. The summed E-state index contributed by atoms with van der Waals surface area (Å²) >= 11 is 0. The van der Waals surface area contributed by atoms with E-state index >= 15 is 0 Å². The van der Waals surface area contributed by atoms with Crippen LogP contribution in [0.3, 0.4) is 0 Å². The lowest BCUT2D eigenvalue weighted by Crippen LogP contribution is -2.17. The van der Waals surface area contributed by atoms with Crippen molar-refractivity contribution < 1.29 is 26.7 Å². The van der Waals surface area contributed by atoms with Gasteiger partial charge in [0.25, 0.3) is 0 Å². The van der Waals surface area contributed by atoms with Crippen LogP contribution in [0.5, 0.6) is 5.75 Å². The zero-order valence-electron chi connectivity index (χ0n) is 12.5. The van der Waals surface area contributed by atoms with Crippen LogP contribution in [0.25, 0.3) is 16.9 Å². The van der Waals surface area contributed by atoms with Gasteiger partial charge in [0.2, 0.25) is 15.8 Å². The molecule has 2 N–H and O–H groups in total. The maximum atomic E-state index is 13.1. The standard InChI is InChI=1S/C13H10F3N5O3S/c1-25(23,24)20-10-9-11(19-12(18-10)13(14,15)16)21(6-17-9)7-4-2-3-5-8(7)22/h2-6,22H,1H3,(H,18,19,20). The Labute approximate surface area is 139 Å². The Balaban J connectivity index is 2.33. The molecule has 0 bridgehead atoms. The molecular weight excluding hydrogens is 363 g/mol. The molecule has 1 aromatic carbocycles. The van der Waals surface area contributed by atoms with Gasteiger partial charge in [0.15, 0.2) is 17.0 Å². The van der Waals surface area contributed by atoms with Gasteiger partial charge in [-0.15, -0.1) is 0 Å². The molecule has 12 heteroatoms. The number of phenolic OH excluding ortho intramolecular Hbond substituents is 1. The smallest absolute Gasteiger partial charge is 0.451 e. The molecule has 0 spiro atoms. The van der Waals surface area contributed by atoms with Gasteiger partial charge >= 0.3 is 6.18 Å². The Morgan fingerprint density at radius 2 is 1.88 bits per heavy atom. The number of fused-ring (bicyclic) bond motifs is 1. The van der Waals surface area contributed by atoms with Crippen molar-refractivity contribution in [1.82, 2.24) is 19.5 Å². The van der Waals surface area contributed by atoms with Crippen LogP contribution in [0.1, 0.15) is 5.82 Å². The minimum Gasteiger partial charge on any atom is -0.506 e. The summed E-state index contributed by atoms with van der Waals surface area (Å²) in [6, 6.07) is 5.87. The van der Waals surface area contributed by atoms with Gasteiger partial charge in [-0.3, -0.25) is 9.29 Å². The first-order valence-electron chi connectivity index (χ1n) is 6.65. The van der Waals surface area contributed by atoms with E-state index in [1.54, 1.807) is 6.07 Å². The molecule has 8 nitrogen and oxygen atoms in total. The molecule has 0 saturated carbocycles. The molecule has 3 aromatic rings.